The molecule has 0 amide bonds. The van der Waals surface area contributed by atoms with Gasteiger partial charge in [-0.1, -0.05) is 23.7 Å². The SMILES string of the molecule is O=S(=O)(O)c1cc2cccc(Cl)c2s1. The third-order valence-corrected chi connectivity index (χ3v) is 4.64. The summed E-state index contributed by atoms with van der Waals surface area (Å²) >= 11 is 6.82. The topological polar surface area (TPSA) is 54.4 Å². The molecule has 0 unspecified atom stereocenters. The molecule has 0 radical (unpaired) electrons. The summed E-state index contributed by atoms with van der Waals surface area (Å²) in [6.45, 7) is 0. The Balaban J connectivity index is 2.81. The van der Waals surface area contributed by atoms with Crippen molar-refractivity contribution in [3.63, 3.8) is 0 Å². The molecule has 0 bridgehead atoms. The van der Waals surface area contributed by atoms with Crippen LogP contribution in [0.1, 0.15) is 0 Å². The van der Waals surface area contributed by atoms with Crippen LogP contribution < -0.4 is 0 Å². The zero-order valence-electron chi connectivity index (χ0n) is 6.77. The van der Waals surface area contributed by atoms with Gasteiger partial charge in [0.2, 0.25) is 0 Å². The molecular weight excluding hydrogens is 244 g/mol. The third kappa shape index (κ3) is 1.64. The van der Waals surface area contributed by atoms with E-state index >= 15 is 0 Å². The Morgan fingerprint density at radius 3 is 2.64 bits per heavy atom. The molecule has 0 aliphatic heterocycles. The maximum atomic E-state index is 10.8. The number of halogens is 1. The van der Waals surface area contributed by atoms with Crippen LogP contribution in [0, 0.1) is 0 Å². The predicted octanol–water partition coefficient (Wildman–Crippen LogP) is 2.80. The van der Waals surface area contributed by atoms with Gasteiger partial charge in [0.15, 0.2) is 0 Å². The normalized spacial score (nSPS) is 12.1. The number of hydrogen-bond acceptors (Lipinski definition) is 3. The van der Waals surface area contributed by atoms with Crippen molar-refractivity contribution < 1.29 is 13.0 Å². The van der Waals surface area contributed by atoms with Gasteiger partial charge in [-0.3, -0.25) is 4.55 Å². The molecule has 3 nitrogen and oxygen atoms in total. The van der Waals surface area contributed by atoms with Crippen molar-refractivity contribution in [3.8, 4) is 0 Å². The molecule has 1 aromatic heterocycles. The van der Waals surface area contributed by atoms with Crippen LogP contribution in [0.15, 0.2) is 28.5 Å². The van der Waals surface area contributed by atoms with Crippen LogP contribution >= 0.6 is 22.9 Å². The minimum atomic E-state index is -4.12. The lowest BCUT2D eigenvalue weighted by Crippen LogP contribution is -1.92. The van der Waals surface area contributed by atoms with Gasteiger partial charge < -0.3 is 0 Å². The summed E-state index contributed by atoms with van der Waals surface area (Å²) in [5.74, 6) is 0. The number of rotatable bonds is 1. The van der Waals surface area contributed by atoms with Gasteiger partial charge in [0, 0.05) is 0 Å². The van der Waals surface area contributed by atoms with E-state index in [-0.39, 0.29) is 4.21 Å². The Morgan fingerprint density at radius 1 is 1.36 bits per heavy atom. The summed E-state index contributed by atoms with van der Waals surface area (Å²) in [5, 5.41) is 1.21. The highest BCUT2D eigenvalue weighted by Gasteiger charge is 2.14. The van der Waals surface area contributed by atoms with Crippen LogP contribution in [0.25, 0.3) is 10.1 Å². The molecule has 0 fully saturated rings. The first kappa shape index (κ1) is 9.92. The molecule has 1 heterocycles. The molecule has 1 N–H and O–H groups in total. The molecule has 0 spiro atoms. The standard InChI is InChI=1S/C8H5ClO3S2/c9-6-3-1-2-5-4-7(13-8(5)6)14(10,11)12/h1-4H,(H,10,11,12). The van der Waals surface area contributed by atoms with Crippen LogP contribution in [0.4, 0.5) is 0 Å². The summed E-state index contributed by atoms with van der Waals surface area (Å²) in [6, 6.07) is 6.55. The van der Waals surface area contributed by atoms with Crippen molar-refractivity contribution >= 4 is 43.1 Å². The lowest BCUT2D eigenvalue weighted by atomic mass is 10.3. The largest absolute Gasteiger partial charge is 0.304 e. The highest BCUT2D eigenvalue weighted by atomic mass is 35.5. The second kappa shape index (κ2) is 3.20. The second-order valence-electron chi connectivity index (χ2n) is 2.70. The zero-order chi connectivity index (χ0) is 10.3. The quantitative estimate of drug-likeness (QED) is 0.790. The fraction of sp³-hybridized carbons (Fsp3) is 0. The number of fused-ring (bicyclic) bond motifs is 1. The van der Waals surface area contributed by atoms with E-state index in [2.05, 4.69) is 0 Å². The molecule has 0 atom stereocenters. The molecule has 1 aromatic carbocycles. The Labute approximate surface area is 89.7 Å². The molecule has 0 saturated heterocycles. The lowest BCUT2D eigenvalue weighted by molar-refractivity contribution is 0.485. The molecular formula is C8H5ClO3S2. The van der Waals surface area contributed by atoms with Crippen LogP contribution in [0.5, 0.6) is 0 Å². The van der Waals surface area contributed by atoms with Gasteiger partial charge in [-0.25, -0.2) is 0 Å². The Bertz CT molecular complexity index is 586. The monoisotopic (exact) mass is 248 g/mol. The first-order chi connectivity index (χ1) is 6.48. The van der Waals surface area contributed by atoms with Gasteiger partial charge in [-0.05, 0) is 17.5 Å². The Morgan fingerprint density at radius 2 is 2.07 bits per heavy atom. The van der Waals surface area contributed by atoms with E-state index in [1.165, 1.54) is 6.07 Å². The Hall–Kier alpha value is -0.620. The van der Waals surface area contributed by atoms with E-state index in [1.54, 1.807) is 18.2 Å². The van der Waals surface area contributed by atoms with E-state index < -0.39 is 10.1 Å². The summed E-state index contributed by atoms with van der Waals surface area (Å²) in [4.78, 5) is 0. The summed E-state index contributed by atoms with van der Waals surface area (Å²) in [5.41, 5.74) is 0. The molecule has 0 aliphatic rings. The van der Waals surface area contributed by atoms with Crippen molar-refractivity contribution in [1.29, 1.82) is 0 Å². The van der Waals surface area contributed by atoms with Gasteiger partial charge in [-0.2, -0.15) is 8.42 Å². The minimum Gasteiger partial charge on any atom is -0.281 e. The minimum absolute atomic E-state index is 0.0828. The highest BCUT2D eigenvalue weighted by molar-refractivity contribution is 7.88. The highest BCUT2D eigenvalue weighted by Crippen LogP contribution is 2.33. The molecule has 0 aliphatic carbocycles. The van der Waals surface area contributed by atoms with Crippen LogP contribution in [0.3, 0.4) is 0 Å². The number of thiophene rings is 1. The predicted molar refractivity (Wildman–Crippen MR) is 56.6 cm³/mol. The molecule has 74 valence electrons. The van der Waals surface area contributed by atoms with Gasteiger partial charge >= 0.3 is 10.1 Å². The number of benzene rings is 1. The summed E-state index contributed by atoms with van der Waals surface area (Å²) in [7, 11) is -4.12. The molecule has 2 aromatic rings. The zero-order valence-corrected chi connectivity index (χ0v) is 9.16. The van der Waals surface area contributed by atoms with Crippen LogP contribution in [-0.2, 0) is 10.1 Å². The summed E-state index contributed by atoms with van der Waals surface area (Å²) < 4.78 is 31.1. The molecule has 2 rings (SSSR count). The Kier molecular flexibility index (Phi) is 2.27. The van der Waals surface area contributed by atoms with E-state index in [0.29, 0.717) is 9.72 Å². The fourth-order valence-corrected chi connectivity index (χ4v) is 3.17. The van der Waals surface area contributed by atoms with E-state index in [0.717, 1.165) is 16.7 Å². The smallest absolute Gasteiger partial charge is 0.281 e. The first-order valence-electron chi connectivity index (χ1n) is 3.64. The van der Waals surface area contributed by atoms with Crippen molar-refractivity contribution in [2.45, 2.75) is 4.21 Å². The average molecular weight is 249 g/mol. The van der Waals surface area contributed by atoms with E-state index in [4.69, 9.17) is 16.2 Å². The third-order valence-electron chi connectivity index (χ3n) is 1.73. The maximum Gasteiger partial charge on any atom is 0.304 e. The van der Waals surface area contributed by atoms with Crippen molar-refractivity contribution in [2.75, 3.05) is 0 Å². The molecule has 14 heavy (non-hydrogen) atoms. The fourth-order valence-electron chi connectivity index (χ4n) is 1.13. The van der Waals surface area contributed by atoms with Gasteiger partial charge in [-0.15, -0.1) is 11.3 Å². The molecule has 0 saturated carbocycles. The first-order valence-corrected chi connectivity index (χ1v) is 6.27. The molecule has 6 heteroatoms. The van der Waals surface area contributed by atoms with Crippen molar-refractivity contribution in [2.24, 2.45) is 0 Å². The maximum absolute atomic E-state index is 10.8. The van der Waals surface area contributed by atoms with Crippen molar-refractivity contribution in [1.82, 2.24) is 0 Å². The van der Waals surface area contributed by atoms with E-state index in [1.807, 2.05) is 0 Å². The lowest BCUT2D eigenvalue weighted by Gasteiger charge is -1.89. The average Bonchev–Trinajstić information content (AvgIpc) is 2.48. The number of hydrogen-bond donors (Lipinski definition) is 1. The van der Waals surface area contributed by atoms with E-state index in [9.17, 15) is 8.42 Å². The van der Waals surface area contributed by atoms with Crippen molar-refractivity contribution in [3.05, 3.63) is 29.3 Å². The van der Waals surface area contributed by atoms with Gasteiger partial charge in [0.25, 0.3) is 0 Å². The van der Waals surface area contributed by atoms with Crippen LogP contribution in [0.2, 0.25) is 5.02 Å². The summed E-state index contributed by atoms with van der Waals surface area (Å²) in [6.07, 6.45) is 0. The van der Waals surface area contributed by atoms with Gasteiger partial charge in [0.05, 0.1) is 9.72 Å². The second-order valence-corrected chi connectivity index (χ2v) is 5.81. The van der Waals surface area contributed by atoms with Gasteiger partial charge in [0.1, 0.15) is 4.21 Å². The van der Waals surface area contributed by atoms with Crippen LogP contribution in [-0.4, -0.2) is 13.0 Å².